The first-order valence-corrected chi connectivity index (χ1v) is 6.20. The molecule has 2 N–H and O–H groups in total. The molecule has 1 rings (SSSR count). The van der Waals surface area contributed by atoms with Gasteiger partial charge in [-0.25, -0.2) is 0 Å². The van der Waals surface area contributed by atoms with E-state index in [1.54, 1.807) is 7.11 Å². The molecule has 1 aromatic carbocycles. The van der Waals surface area contributed by atoms with E-state index >= 15 is 0 Å². The van der Waals surface area contributed by atoms with E-state index in [2.05, 4.69) is 4.90 Å². The summed E-state index contributed by atoms with van der Waals surface area (Å²) >= 11 is 4.95. The molecule has 0 spiro atoms. The van der Waals surface area contributed by atoms with Crippen LogP contribution < -0.4 is 15.2 Å². The Hall–Kier alpha value is -1.33. The molecular weight excluding hydrogens is 248 g/mol. The summed E-state index contributed by atoms with van der Waals surface area (Å²) in [6, 6.07) is 5.46. The van der Waals surface area contributed by atoms with E-state index < -0.39 is 0 Å². The van der Waals surface area contributed by atoms with Crippen molar-refractivity contribution in [3.8, 4) is 11.5 Å². The lowest BCUT2D eigenvalue weighted by Crippen LogP contribution is -2.16. The van der Waals surface area contributed by atoms with Crippen LogP contribution >= 0.6 is 12.2 Å². The van der Waals surface area contributed by atoms with Crippen molar-refractivity contribution in [1.29, 1.82) is 0 Å². The van der Waals surface area contributed by atoms with Crippen LogP contribution in [0.2, 0.25) is 0 Å². The van der Waals surface area contributed by atoms with Crippen molar-refractivity contribution in [3.05, 3.63) is 23.8 Å². The van der Waals surface area contributed by atoms with Gasteiger partial charge in [-0.3, -0.25) is 0 Å². The Balaban J connectivity index is 2.66. The second kappa shape index (κ2) is 7.18. The van der Waals surface area contributed by atoms with Gasteiger partial charge in [0, 0.05) is 12.1 Å². The Bertz CT molecular complexity index is 408. The molecule has 0 saturated carbocycles. The largest absolute Gasteiger partial charge is 0.493 e. The highest BCUT2D eigenvalue weighted by atomic mass is 32.1. The van der Waals surface area contributed by atoms with E-state index in [1.165, 1.54) is 0 Å². The number of hydrogen-bond donors (Lipinski definition) is 1. The maximum absolute atomic E-state index is 5.70. The van der Waals surface area contributed by atoms with Gasteiger partial charge in [-0.2, -0.15) is 0 Å². The van der Waals surface area contributed by atoms with Gasteiger partial charge in [0.05, 0.1) is 13.7 Å². The van der Waals surface area contributed by atoms with Gasteiger partial charge in [-0.15, -0.1) is 0 Å². The summed E-state index contributed by atoms with van der Waals surface area (Å²) in [7, 11) is 5.69. The Morgan fingerprint density at radius 1 is 1.33 bits per heavy atom. The average Bonchev–Trinajstić information content (AvgIpc) is 2.34. The van der Waals surface area contributed by atoms with Crippen molar-refractivity contribution in [1.82, 2.24) is 4.90 Å². The van der Waals surface area contributed by atoms with Gasteiger partial charge in [-0.05, 0) is 38.7 Å². The molecule has 5 heteroatoms. The van der Waals surface area contributed by atoms with Gasteiger partial charge in [0.1, 0.15) is 4.99 Å². The van der Waals surface area contributed by atoms with E-state index in [0.29, 0.717) is 23.1 Å². The number of ether oxygens (including phenoxy) is 2. The van der Waals surface area contributed by atoms with Crippen LogP contribution in [0.15, 0.2) is 18.2 Å². The Kier molecular flexibility index (Phi) is 5.88. The maximum atomic E-state index is 5.70. The van der Waals surface area contributed by atoms with Crippen LogP contribution in [0, 0.1) is 0 Å². The summed E-state index contributed by atoms with van der Waals surface area (Å²) in [5.41, 5.74) is 6.38. The van der Waals surface area contributed by atoms with Crippen molar-refractivity contribution in [3.63, 3.8) is 0 Å². The zero-order chi connectivity index (χ0) is 13.5. The van der Waals surface area contributed by atoms with Crippen LogP contribution in [0.5, 0.6) is 11.5 Å². The minimum absolute atomic E-state index is 0.357. The maximum Gasteiger partial charge on any atom is 0.161 e. The Morgan fingerprint density at radius 3 is 2.61 bits per heavy atom. The Morgan fingerprint density at radius 2 is 2.06 bits per heavy atom. The van der Waals surface area contributed by atoms with Crippen LogP contribution in [0.1, 0.15) is 12.0 Å². The minimum atomic E-state index is 0.357. The second-order valence-electron chi connectivity index (χ2n) is 4.24. The van der Waals surface area contributed by atoms with Crippen molar-refractivity contribution in [2.75, 3.05) is 34.4 Å². The van der Waals surface area contributed by atoms with Gasteiger partial charge in [-0.1, -0.05) is 12.2 Å². The predicted octanol–water partition coefficient (Wildman–Crippen LogP) is 1.66. The molecule has 18 heavy (non-hydrogen) atoms. The highest BCUT2D eigenvalue weighted by molar-refractivity contribution is 7.80. The van der Waals surface area contributed by atoms with E-state index in [4.69, 9.17) is 27.4 Å². The number of methoxy groups -OCH3 is 1. The minimum Gasteiger partial charge on any atom is -0.493 e. The summed E-state index contributed by atoms with van der Waals surface area (Å²) in [6.07, 6.45) is 0.952. The average molecular weight is 268 g/mol. The van der Waals surface area contributed by atoms with Crippen molar-refractivity contribution >= 4 is 17.2 Å². The lowest BCUT2D eigenvalue weighted by atomic mass is 10.2. The number of nitrogens with zero attached hydrogens (tertiary/aromatic N) is 1. The highest BCUT2D eigenvalue weighted by Gasteiger charge is 2.07. The molecule has 4 nitrogen and oxygen atoms in total. The smallest absolute Gasteiger partial charge is 0.161 e. The van der Waals surface area contributed by atoms with Crippen LogP contribution in [-0.2, 0) is 0 Å². The Labute approximate surface area is 114 Å². The normalized spacial score (nSPS) is 10.4. The number of benzene rings is 1. The number of hydrogen-bond acceptors (Lipinski definition) is 4. The molecule has 100 valence electrons. The zero-order valence-corrected chi connectivity index (χ0v) is 11.9. The molecular formula is C13H20N2O2S. The standard InChI is InChI=1S/C13H20N2O2S/c1-15(2)7-4-8-17-12-9-10(13(14)18)5-6-11(12)16-3/h5-6,9H,4,7-8H2,1-3H3,(H2,14,18). The molecule has 0 aliphatic rings. The van der Waals surface area contributed by atoms with Crippen molar-refractivity contribution in [2.45, 2.75) is 6.42 Å². The van der Waals surface area contributed by atoms with Crippen LogP contribution in [0.4, 0.5) is 0 Å². The second-order valence-corrected chi connectivity index (χ2v) is 4.68. The summed E-state index contributed by atoms with van der Waals surface area (Å²) in [6.45, 7) is 1.62. The van der Waals surface area contributed by atoms with Crippen LogP contribution in [-0.4, -0.2) is 44.2 Å². The summed E-state index contributed by atoms with van der Waals surface area (Å²) in [5.74, 6) is 1.38. The van der Waals surface area contributed by atoms with E-state index in [0.717, 1.165) is 18.5 Å². The van der Waals surface area contributed by atoms with Crippen LogP contribution in [0.25, 0.3) is 0 Å². The molecule has 0 bridgehead atoms. The zero-order valence-electron chi connectivity index (χ0n) is 11.1. The molecule has 0 amide bonds. The third-order valence-electron chi connectivity index (χ3n) is 2.46. The molecule has 0 aromatic heterocycles. The van der Waals surface area contributed by atoms with Crippen molar-refractivity contribution < 1.29 is 9.47 Å². The molecule has 0 atom stereocenters. The van der Waals surface area contributed by atoms with E-state index in [9.17, 15) is 0 Å². The summed E-state index contributed by atoms with van der Waals surface area (Å²) in [4.78, 5) is 2.47. The third-order valence-corrected chi connectivity index (χ3v) is 2.69. The van der Waals surface area contributed by atoms with E-state index in [-0.39, 0.29) is 0 Å². The van der Waals surface area contributed by atoms with Crippen LogP contribution in [0.3, 0.4) is 0 Å². The fourth-order valence-corrected chi connectivity index (χ4v) is 1.63. The fourth-order valence-electron chi connectivity index (χ4n) is 1.51. The first-order chi connectivity index (χ1) is 8.54. The third kappa shape index (κ3) is 4.50. The van der Waals surface area contributed by atoms with Gasteiger partial charge >= 0.3 is 0 Å². The number of thiocarbonyl (C=S) groups is 1. The first-order valence-electron chi connectivity index (χ1n) is 5.80. The number of rotatable bonds is 7. The number of nitrogens with two attached hydrogens (primary N) is 1. The highest BCUT2D eigenvalue weighted by Crippen LogP contribution is 2.28. The predicted molar refractivity (Wildman–Crippen MR) is 77.5 cm³/mol. The SMILES string of the molecule is COc1ccc(C(N)=S)cc1OCCCN(C)C. The lowest BCUT2D eigenvalue weighted by Gasteiger charge is -2.13. The quantitative estimate of drug-likeness (QED) is 0.602. The molecule has 0 unspecified atom stereocenters. The van der Waals surface area contributed by atoms with Gasteiger partial charge in [0.25, 0.3) is 0 Å². The summed E-state index contributed by atoms with van der Waals surface area (Å²) < 4.78 is 10.9. The van der Waals surface area contributed by atoms with Crippen molar-refractivity contribution in [2.24, 2.45) is 5.73 Å². The monoisotopic (exact) mass is 268 g/mol. The molecule has 0 fully saturated rings. The van der Waals surface area contributed by atoms with Gasteiger partial charge in [0.2, 0.25) is 0 Å². The topological polar surface area (TPSA) is 47.7 Å². The van der Waals surface area contributed by atoms with E-state index in [1.807, 2.05) is 32.3 Å². The molecule has 0 aliphatic carbocycles. The van der Waals surface area contributed by atoms with Gasteiger partial charge in [0.15, 0.2) is 11.5 Å². The van der Waals surface area contributed by atoms with Gasteiger partial charge < -0.3 is 20.1 Å². The molecule has 0 aliphatic heterocycles. The molecule has 1 aromatic rings. The molecule has 0 heterocycles. The first kappa shape index (κ1) is 14.7. The summed E-state index contributed by atoms with van der Waals surface area (Å²) in [5, 5.41) is 0. The molecule has 0 saturated heterocycles. The fraction of sp³-hybridized carbons (Fsp3) is 0.462. The molecule has 0 radical (unpaired) electrons. The lowest BCUT2D eigenvalue weighted by molar-refractivity contribution is 0.268.